The van der Waals surface area contributed by atoms with Gasteiger partial charge in [-0.1, -0.05) is 11.2 Å². The van der Waals surface area contributed by atoms with Crippen molar-refractivity contribution in [2.75, 3.05) is 18.0 Å². The summed E-state index contributed by atoms with van der Waals surface area (Å²) in [7, 11) is 0. The minimum Gasteiger partial charge on any atom is -0.481 e. The highest BCUT2D eigenvalue weighted by molar-refractivity contribution is 5.71. The summed E-state index contributed by atoms with van der Waals surface area (Å²) >= 11 is 0. The maximum atomic E-state index is 11.3. The maximum absolute atomic E-state index is 11.3. The Balaban J connectivity index is 1.58. The molecule has 1 atom stereocenters. The van der Waals surface area contributed by atoms with Crippen LogP contribution in [0.15, 0.2) is 47.2 Å². The van der Waals surface area contributed by atoms with Crippen LogP contribution >= 0.6 is 0 Å². The number of pyridine rings is 2. The topological polar surface area (TPSA) is 105 Å². The van der Waals surface area contributed by atoms with Crippen molar-refractivity contribution in [2.45, 2.75) is 12.8 Å². The van der Waals surface area contributed by atoms with Gasteiger partial charge in [-0.05, 0) is 37.1 Å². The lowest BCUT2D eigenvalue weighted by Gasteiger charge is -2.31. The monoisotopic (exact) mass is 351 g/mol. The van der Waals surface area contributed by atoms with Crippen molar-refractivity contribution in [2.24, 2.45) is 5.92 Å². The molecule has 132 valence electrons. The first-order valence-electron chi connectivity index (χ1n) is 8.40. The molecular formula is C18H17N5O3. The lowest BCUT2D eigenvalue weighted by molar-refractivity contribution is -0.141. The van der Waals surface area contributed by atoms with Crippen LogP contribution in [0.2, 0.25) is 0 Å². The second-order valence-electron chi connectivity index (χ2n) is 6.16. The molecular weight excluding hydrogens is 334 g/mol. The van der Waals surface area contributed by atoms with Gasteiger partial charge in [0.25, 0.3) is 5.89 Å². The van der Waals surface area contributed by atoms with Gasteiger partial charge in [-0.15, -0.1) is 0 Å². The Kier molecular flexibility index (Phi) is 4.30. The molecule has 0 aliphatic carbocycles. The molecule has 0 aromatic carbocycles. The van der Waals surface area contributed by atoms with Crippen molar-refractivity contribution in [1.82, 2.24) is 20.1 Å². The Bertz CT molecular complexity index is 912. The summed E-state index contributed by atoms with van der Waals surface area (Å²) in [5.41, 5.74) is 1.37. The Morgan fingerprint density at radius 3 is 2.96 bits per heavy atom. The van der Waals surface area contributed by atoms with E-state index in [0.29, 0.717) is 36.2 Å². The number of nitrogens with zero attached hydrogens (tertiary/aromatic N) is 5. The summed E-state index contributed by atoms with van der Waals surface area (Å²) in [5, 5.41) is 13.2. The van der Waals surface area contributed by atoms with Gasteiger partial charge in [0, 0.05) is 31.0 Å². The SMILES string of the molecule is O=C(O)C1CCCN(c2cc(-c3nc(-c4ccccn4)no3)ccn2)C1. The fourth-order valence-corrected chi connectivity index (χ4v) is 3.05. The second-order valence-corrected chi connectivity index (χ2v) is 6.16. The molecule has 1 aliphatic heterocycles. The van der Waals surface area contributed by atoms with Crippen LogP contribution in [-0.4, -0.2) is 44.3 Å². The summed E-state index contributed by atoms with van der Waals surface area (Å²) in [6, 6.07) is 9.13. The van der Waals surface area contributed by atoms with Crippen molar-refractivity contribution in [3.8, 4) is 23.0 Å². The zero-order chi connectivity index (χ0) is 17.9. The Morgan fingerprint density at radius 1 is 1.23 bits per heavy atom. The molecule has 1 fully saturated rings. The number of carbonyl (C=O) groups is 1. The Labute approximate surface area is 149 Å². The number of rotatable bonds is 4. The van der Waals surface area contributed by atoms with Crippen LogP contribution in [0.5, 0.6) is 0 Å². The molecule has 0 bridgehead atoms. The molecule has 26 heavy (non-hydrogen) atoms. The van der Waals surface area contributed by atoms with E-state index >= 15 is 0 Å². The summed E-state index contributed by atoms with van der Waals surface area (Å²) < 4.78 is 5.37. The zero-order valence-corrected chi connectivity index (χ0v) is 13.9. The van der Waals surface area contributed by atoms with Crippen LogP contribution in [0.25, 0.3) is 23.0 Å². The normalized spacial score (nSPS) is 17.2. The van der Waals surface area contributed by atoms with Gasteiger partial charge in [-0.25, -0.2) is 4.98 Å². The second kappa shape index (κ2) is 6.91. The zero-order valence-electron chi connectivity index (χ0n) is 13.9. The molecule has 1 unspecified atom stereocenters. The van der Waals surface area contributed by atoms with Gasteiger partial charge in [0.15, 0.2) is 0 Å². The van der Waals surface area contributed by atoms with E-state index in [1.165, 1.54) is 0 Å². The number of anilines is 1. The molecule has 1 saturated heterocycles. The van der Waals surface area contributed by atoms with Crippen LogP contribution in [0.3, 0.4) is 0 Å². The molecule has 4 rings (SSSR count). The Morgan fingerprint density at radius 2 is 2.15 bits per heavy atom. The highest BCUT2D eigenvalue weighted by Gasteiger charge is 2.26. The van der Waals surface area contributed by atoms with Gasteiger partial charge in [-0.2, -0.15) is 4.98 Å². The number of carboxylic acid groups (broad SMARTS) is 1. The van der Waals surface area contributed by atoms with Crippen molar-refractivity contribution in [3.05, 3.63) is 42.7 Å². The Hall–Kier alpha value is -3.29. The van der Waals surface area contributed by atoms with Gasteiger partial charge >= 0.3 is 5.97 Å². The molecule has 8 heteroatoms. The van der Waals surface area contributed by atoms with E-state index in [9.17, 15) is 9.90 Å². The minimum absolute atomic E-state index is 0.367. The molecule has 3 aromatic heterocycles. The van der Waals surface area contributed by atoms with E-state index in [1.807, 2.05) is 29.2 Å². The van der Waals surface area contributed by atoms with E-state index in [2.05, 4.69) is 20.1 Å². The first-order valence-corrected chi connectivity index (χ1v) is 8.40. The van der Waals surface area contributed by atoms with Crippen molar-refractivity contribution in [1.29, 1.82) is 0 Å². The number of aliphatic carboxylic acids is 1. The average molecular weight is 351 g/mol. The summed E-state index contributed by atoms with van der Waals surface area (Å²) in [6.07, 6.45) is 4.86. The quantitative estimate of drug-likeness (QED) is 0.764. The maximum Gasteiger partial charge on any atom is 0.308 e. The predicted octanol–water partition coefficient (Wildman–Crippen LogP) is 2.49. The third kappa shape index (κ3) is 3.26. The van der Waals surface area contributed by atoms with Crippen molar-refractivity contribution >= 4 is 11.8 Å². The number of aromatic nitrogens is 4. The predicted molar refractivity (Wildman–Crippen MR) is 93.3 cm³/mol. The molecule has 0 saturated carbocycles. The van der Waals surface area contributed by atoms with E-state index in [-0.39, 0.29) is 5.92 Å². The molecule has 0 radical (unpaired) electrons. The minimum atomic E-state index is -0.761. The van der Waals surface area contributed by atoms with Crippen molar-refractivity contribution in [3.63, 3.8) is 0 Å². The number of piperidine rings is 1. The first kappa shape index (κ1) is 16.2. The van der Waals surface area contributed by atoms with Gasteiger partial charge < -0.3 is 14.5 Å². The summed E-state index contributed by atoms with van der Waals surface area (Å²) in [5.74, 6) is 0.381. The van der Waals surface area contributed by atoms with E-state index in [0.717, 1.165) is 18.5 Å². The highest BCUT2D eigenvalue weighted by Crippen LogP contribution is 2.26. The molecule has 3 aromatic rings. The van der Waals surface area contributed by atoms with E-state index in [4.69, 9.17) is 4.52 Å². The van der Waals surface area contributed by atoms with E-state index < -0.39 is 5.97 Å². The third-order valence-corrected chi connectivity index (χ3v) is 4.41. The lowest BCUT2D eigenvalue weighted by Crippen LogP contribution is -2.39. The average Bonchev–Trinajstić information content (AvgIpc) is 3.19. The number of hydrogen-bond acceptors (Lipinski definition) is 7. The van der Waals surface area contributed by atoms with Gasteiger partial charge in [0.2, 0.25) is 5.82 Å². The van der Waals surface area contributed by atoms with Crippen LogP contribution in [0.1, 0.15) is 12.8 Å². The van der Waals surface area contributed by atoms with Gasteiger partial charge in [0.05, 0.1) is 5.92 Å². The van der Waals surface area contributed by atoms with Crippen molar-refractivity contribution < 1.29 is 14.4 Å². The molecule has 0 amide bonds. The summed E-state index contributed by atoms with van der Waals surface area (Å²) in [6.45, 7) is 1.23. The molecule has 1 aliphatic rings. The molecule has 8 nitrogen and oxygen atoms in total. The van der Waals surface area contributed by atoms with Crippen LogP contribution < -0.4 is 4.90 Å². The number of hydrogen-bond donors (Lipinski definition) is 1. The smallest absolute Gasteiger partial charge is 0.308 e. The van der Waals surface area contributed by atoms with Crippen LogP contribution in [0.4, 0.5) is 5.82 Å². The van der Waals surface area contributed by atoms with Gasteiger partial charge in [-0.3, -0.25) is 9.78 Å². The van der Waals surface area contributed by atoms with Crippen LogP contribution in [0, 0.1) is 5.92 Å². The summed E-state index contributed by atoms with van der Waals surface area (Å²) in [4.78, 5) is 26.2. The fourth-order valence-electron chi connectivity index (χ4n) is 3.05. The lowest BCUT2D eigenvalue weighted by atomic mass is 9.98. The van der Waals surface area contributed by atoms with Crippen LogP contribution in [-0.2, 0) is 4.79 Å². The third-order valence-electron chi connectivity index (χ3n) is 4.41. The highest BCUT2D eigenvalue weighted by atomic mass is 16.5. The molecule has 1 N–H and O–H groups in total. The van der Waals surface area contributed by atoms with Gasteiger partial charge in [0.1, 0.15) is 11.5 Å². The number of carboxylic acids is 1. The molecule has 4 heterocycles. The first-order chi connectivity index (χ1) is 12.7. The standard InChI is InChI=1S/C18H17N5O3/c24-18(25)13-4-3-9-23(11-13)15-10-12(6-8-20-15)17-21-16(22-26-17)14-5-1-2-7-19-14/h1-2,5-8,10,13H,3-4,9,11H2,(H,24,25). The largest absolute Gasteiger partial charge is 0.481 e. The fraction of sp³-hybridized carbons (Fsp3) is 0.278. The van der Waals surface area contributed by atoms with E-state index in [1.54, 1.807) is 18.5 Å². The molecule has 0 spiro atoms.